The molecule has 0 unspecified atom stereocenters. The first-order chi connectivity index (χ1) is 8.11. The molecule has 1 aromatic heterocycles. The number of carbonyl (C=O) groups is 1. The van der Waals surface area contributed by atoms with E-state index >= 15 is 0 Å². The van der Waals surface area contributed by atoms with Crippen molar-refractivity contribution in [2.45, 2.75) is 20.4 Å². The van der Waals surface area contributed by atoms with Gasteiger partial charge in [-0.2, -0.15) is 4.57 Å². The van der Waals surface area contributed by atoms with E-state index in [-0.39, 0.29) is 36.5 Å². The fraction of sp³-hybridized carbons (Fsp3) is 0.333. The minimum absolute atomic E-state index is 0. The van der Waals surface area contributed by atoms with Gasteiger partial charge in [0.2, 0.25) is 16.4 Å². The van der Waals surface area contributed by atoms with Crippen LogP contribution in [0.3, 0.4) is 0 Å². The lowest BCUT2D eigenvalue weighted by Crippen LogP contribution is -3.00. The third-order valence-electron chi connectivity index (χ3n) is 2.53. The van der Waals surface area contributed by atoms with Gasteiger partial charge in [0.15, 0.2) is 6.54 Å². The maximum absolute atomic E-state index is 11.0. The highest BCUT2D eigenvalue weighted by molar-refractivity contribution is 7.18. The lowest BCUT2D eigenvalue weighted by molar-refractivity contribution is -0.674. The van der Waals surface area contributed by atoms with Crippen LogP contribution in [0.15, 0.2) is 18.2 Å². The molecule has 0 bridgehead atoms. The molecule has 1 amide bonds. The number of carbonyl (C=O) groups excluding carboxylic acids is 1. The van der Waals surface area contributed by atoms with Gasteiger partial charge in [-0.1, -0.05) is 11.3 Å². The van der Waals surface area contributed by atoms with Crippen molar-refractivity contribution in [3.8, 4) is 0 Å². The third-order valence-corrected chi connectivity index (χ3v) is 3.61. The molecular formula is C12H15IN2O2S. The van der Waals surface area contributed by atoms with E-state index in [1.54, 1.807) is 11.3 Å². The molecule has 0 spiro atoms. The van der Waals surface area contributed by atoms with Gasteiger partial charge in [0.25, 0.3) is 0 Å². The smallest absolute Gasteiger partial charge is 0.235 e. The van der Waals surface area contributed by atoms with Crippen molar-refractivity contribution in [3.63, 3.8) is 0 Å². The summed E-state index contributed by atoms with van der Waals surface area (Å²) in [6.07, 6.45) is 0. The van der Waals surface area contributed by atoms with E-state index in [1.807, 2.05) is 25.1 Å². The average Bonchev–Trinajstić information content (AvgIpc) is 2.55. The quantitative estimate of drug-likeness (QED) is 0.502. The van der Waals surface area contributed by atoms with Crippen molar-refractivity contribution < 1.29 is 38.4 Å². The zero-order valence-corrected chi connectivity index (χ0v) is 13.2. The lowest BCUT2D eigenvalue weighted by atomic mass is 10.3. The molecule has 18 heavy (non-hydrogen) atoms. The molecule has 98 valence electrons. The van der Waals surface area contributed by atoms with Gasteiger partial charge in [-0.15, -0.1) is 0 Å². The van der Waals surface area contributed by atoms with E-state index in [4.69, 9.17) is 5.11 Å². The van der Waals surface area contributed by atoms with Crippen molar-refractivity contribution in [1.82, 2.24) is 0 Å². The highest BCUT2D eigenvalue weighted by atomic mass is 127. The van der Waals surface area contributed by atoms with Gasteiger partial charge >= 0.3 is 0 Å². The molecule has 4 nitrogen and oxygen atoms in total. The van der Waals surface area contributed by atoms with Crippen LogP contribution in [0.5, 0.6) is 0 Å². The Labute approximate surface area is 127 Å². The molecule has 0 saturated carbocycles. The van der Waals surface area contributed by atoms with Crippen molar-refractivity contribution in [1.29, 1.82) is 0 Å². The molecule has 0 aliphatic carbocycles. The van der Waals surface area contributed by atoms with Gasteiger partial charge in [-0.3, -0.25) is 4.79 Å². The van der Waals surface area contributed by atoms with E-state index < -0.39 is 0 Å². The molecule has 0 aliphatic heterocycles. The standard InChI is InChI=1S/C12H14N2O2S.HI/c1-8(16)13-10-3-4-12-11(7-10)14(5-6-15)9(2)17-12;/h3-4,7,15H,5-6H2,1-2H3;1H. The summed E-state index contributed by atoms with van der Waals surface area (Å²) in [5.41, 5.74) is 1.84. The summed E-state index contributed by atoms with van der Waals surface area (Å²) < 4.78 is 3.22. The summed E-state index contributed by atoms with van der Waals surface area (Å²) in [6, 6.07) is 5.82. The van der Waals surface area contributed by atoms with Crippen LogP contribution in [0.2, 0.25) is 0 Å². The molecule has 1 heterocycles. The molecule has 0 radical (unpaired) electrons. The molecule has 1 aromatic carbocycles. The van der Waals surface area contributed by atoms with Crippen molar-refractivity contribution in [2.75, 3.05) is 11.9 Å². The van der Waals surface area contributed by atoms with Crippen LogP contribution in [0.1, 0.15) is 11.9 Å². The first-order valence-electron chi connectivity index (χ1n) is 5.43. The van der Waals surface area contributed by atoms with Crippen LogP contribution >= 0.6 is 11.3 Å². The molecule has 2 rings (SSSR count). The number of aliphatic hydroxyl groups excluding tert-OH is 1. The summed E-state index contributed by atoms with van der Waals surface area (Å²) in [4.78, 5) is 11.0. The van der Waals surface area contributed by atoms with Crippen molar-refractivity contribution in [3.05, 3.63) is 23.2 Å². The minimum atomic E-state index is -0.0787. The number of thiazole rings is 1. The first-order valence-corrected chi connectivity index (χ1v) is 6.25. The fourth-order valence-corrected chi connectivity index (χ4v) is 2.89. The van der Waals surface area contributed by atoms with Crippen LogP contribution in [-0.2, 0) is 11.3 Å². The van der Waals surface area contributed by atoms with Gasteiger partial charge in [-0.25, -0.2) is 0 Å². The predicted octanol–water partition coefficient (Wildman–Crippen LogP) is -1.55. The number of fused-ring (bicyclic) bond motifs is 1. The largest absolute Gasteiger partial charge is 1.00 e. The number of hydrogen-bond acceptors (Lipinski definition) is 3. The number of rotatable bonds is 3. The molecule has 0 fully saturated rings. The Balaban J connectivity index is 0.00000162. The molecule has 6 heteroatoms. The Morgan fingerprint density at radius 3 is 2.83 bits per heavy atom. The number of amides is 1. The van der Waals surface area contributed by atoms with Crippen LogP contribution in [-0.4, -0.2) is 17.6 Å². The highest BCUT2D eigenvalue weighted by Gasteiger charge is 2.16. The van der Waals surface area contributed by atoms with Gasteiger partial charge < -0.3 is 34.4 Å². The number of benzene rings is 1. The fourth-order valence-electron chi connectivity index (χ4n) is 1.86. The van der Waals surface area contributed by atoms with Crippen LogP contribution < -0.4 is 33.9 Å². The molecule has 0 saturated heterocycles. The van der Waals surface area contributed by atoms with E-state index in [9.17, 15) is 4.79 Å². The zero-order valence-electron chi connectivity index (χ0n) is 10.2. The highest BCUT2D eigenvalue weighted by Crippen LogP contribution is 2.23. The number of anilines is 1. The van der Waals surface area contributed by atoms with E-state index in [2.05, 4.69) is 9.88 Å². The Morgan fingerprint density at radius 1 is 1.50 bits per heavy atom. The second-order valence-corrected chi connectivity index (χ2v) is 5.09. The van der Waals surface area contributed by atoms with Crippen molar-refractivity contribution >= 4 is 33.1 Å². The molecular weight excluding hydrogens is 363 g/mol. The van der Waals surface area contributed by atoms with Gasteiger partial charge in [0, 0.05) is 25.6 Å². The van der Waals surface area contributed by atoms with E-state index in [0.717, 1.165) is 20.9 Å². The Morgan fingerprint density at radius 2 is 2.22 bits per heavy atom. The van der Waals surface area contributed by atoms with E-state index in [1.165, 1.54) is 6.92 Å². The van der Waals surface area contributed by atoms with Crippen LogP contribution in [0, 0.1) is 6.92 Å². The SMILES string of the molecule is CC(=O)Nc1ccc2sc(C)[n+](CCO)c2c1.[I-]. The number of aliphatic hydroxyl groups is 1. The number of nitrogens with zero attached hydrogens (tertiary/aromatic N) is 1. The second kappa shape index (κ2) is 6.44. The molecule has 0 atom stereocenters. The molecule has 2 N–H and O–H groups in total. The van der Waals surface area contributed by atoms with Gasteiger partial charge in [-0.05, 0) is 12.1 Å². The monoisotopic (exact) mass is 378 g/mol. The first kappa shape index (κ1) is 15.3. The minimum Gasteiger partial charge on any atom is -1.00 e. The van der Waals surface area contributed by atoms with E-state index in [0.29, 0.717) is 6.54 Å². The van der Waals surface area contributed by atoms with Gasteiger partial charge in [0.1, 0.15) is 11.3 Å². The maximum atomic E-state index is 11.0. The number of nitrogens with one attached hydrogen (secondary N) is 1. The summed E-state index contributed by atoms with van der Waals surface area (Å²) in [6.45, 7) is 4.21. The molecule has 0 aliphatic rings. The predicted molar refractivity (Wildman–Crippen MR) is 68.1 cm³/mol. The van der Waals surface area contributed by atoms with Crippen LogP contribution in [0.4, 0.5) is 5.69 Å². The summed E-state index contributed by atoms with van der Waals surface area (Å²) in [5, 5.41) is 13.0. The number of aromatic nitrogens is 1. The van der Waals surface area contributed by atoms with Gasteiger partial charge in [0.05, 0.1) is 0 Å². The summed E-state index contributed by atoms with van der Waals surface area (Å²) in [7, 11) is 0. The Bertz CT molecular complexity index is 568. The number of aryl methyl sites for hydroxylation is 1. The lowest BCUT2D eigenvalue weighted by Gasteiger charge is -2.00. The third kappa shape index (κ3) is 3.18. The normalized spacial score (nSPS) is 10.2. The Hall–Kier alpha value is -0.730. The molecule has 2 aromatic rings. The number of halogens is 1. The number of hydrogen-bond donors (Lipinski definition) is 2. The summed E-state index contributed by atoms with van der Waals surface area (Å²) >= 11 is 1.69. The topological polar surface area (TPSA) is 53.2 Å². The zero-order chi connectivity index (χ0) is 12.4. The van der Waals surface area contributed by atoms with Crippen LogP contribution in [0.25, 0.3) is 10.2 Å². The Kier molecular flexibility index (Phi) is 5.48. The second-order valence-electron chi connectivity index (χ2n) is 3.86. The average molecular weight is 378 g/mol. The maximum Gasteiger partial charge on any atom is 0.235 e. The van der Waals surface area contributed by atoms with Crippen molar-refractivity contribution in [2.24, 2.45) is 0 Å². The summed E-state index contributed by atoms with van der Waals surface area (Å²) in [5.74, 6) is -0.0787.